The Morgan fingerprint density at radius 2 is 2.40 bits per heavy atom. The van der Waals surface area contributed by atoms with Crippen LogP contribution in [-0.4, -0.2) is 12.5 Å². The van der Waals surface area contributed by atoms with Gasteiger partial charge in [-0.2, -0.15) is 0 Å². The summed E-state index contributed by atoms with van der Waals surface area (Å²) in [4.78, 5) is 13.9. The lowest BCUT2D eigenvalue weighted by Gasteiger charge is -2.02. The van der Waals surface area contributed by atoms with Gasteiger partial charge in [-0.3, -0.25) is 0 Å². The molecular weight excluding hydrogens is 190 g/mol. The van der Waals surface area contributed by atoms with Gasteiger partial charge in [-0.05, 0) is 17.2 Å². The van der Waals surface area contributed by atoms with Crippen LogP contribution < -0.4 is 0 Å². The predicted molar refractivity (Wildman–Crippen MR) is 57.8 cm³/mol. The molecule has 0 N–H and O–H groups in total. The first kappa shape index (κ1) is 11.0. The number of carbonyl (C=O) groups is 1. The molecule has 15 heavy (non-hydrogen) atoms. The van der Waals surface area contributed by atoms with Crippen LogP contribution in [0, 0.1) is 6.57 Å². The van der Waals surface area contributed by atoms with Crippen molar-refractivity contribution in [2.24, 2.45) is 0 Å². The first-order chi connectivity index (χ1) is 7.26. The number of hydrogen-bond acceptors (Lipinski definition) is 2. The van der Waals surface area contributed by atoms with Gasteiger partial charge in [-0.1, -0.05) is 30.9 Å². The smallest absolute Gasteiger partial charge is 0.387 e. The first-order valence-corrected chi connectivity index (χ1v) is 4.46. The maximum Gasteiger partial charge on any atom is 0.387 e. The van der Waals surface area contributed by atoms with Gasteiger partial charge in [0.05, 0.1) is 0 Å². The molecule has 0 aliphatic heterocycles. The second-order valence-electron chi connectivity index (χ2n) is 2.93. The summed E-state index contributed by atoms with van der Waals surface area (Å²) < 4.78 is 4.88. The Kier molecular flexibility index (Phi) is 4.11. The molecule has 1 aromatic rings. The molecule has 0 saturated carbocycles. The molecule has 0 aliphatic carbocycles. The number of nitrogens with zero attached hydrogens (tertiary/aromatic N) is 1. The number of carbonyl (C=O) groups excluding carboxylic acids is 1. The van der Waals surface area contributed by atoms with E-state index in [9.17, 15) is 4.79 Å². The minimum atomic E-state index is -0.492. The van der Waals surface area contributed by atoms with Gasteiger partial charge in [0.15, 0.2) is 0 Å². The van der Waals surface area contributed by atoms with Gasteiger partial charge in [0.1, 0.15) is 6.61 Å². The summed E-state index contributed by atoms with van der Waals surface area (Å²) in [6, 6.07) is 7.53. The minimum Gasteiger partial charge on any atom is -0.455 e. The number of ether oxygens (including phenoxy) is 1. The Bertz CT molecular complexity index is 404. The molecule has 0 unspecified atom stereocenters. The van der Waals surface area contributed by atoms with Crippen molar-refractivity contribution in [2.45, 2.75) is 6.61 Å². The van der Waals surface area contributed by atoms with Gasteiger partial charge >= 0.3 is 12.5 Å². The van der Waals surface area contributed by atoms with Crippen molar-refractivity contribution in [2.75, 3.05) is 6.54 Å². The summed E-state index contributed by atoms with van der Waals surface area (Å²) in [6.45, 7) is 10.1. The van der Waals surface area contributed by atoms with Crippen LogP contribution in [0.2, 0.25) is 0 Å². The topological polar surface area (TPSA) is 30.7 Å². The lowest BCUT2D eigenvalue weighted by Crippen LogP contribution is -2.06. The molecule has 3 nitrogen and oxygen atoms in total. The molecule has 0 heterocycles. The van der Waals surface area contributed by atoms with Gasteiger partial charge in [0.2, 0.25) is 0 Å². The zero-order chi connectivity index (χ0) is 11.1. The molecule has 0 radical (unpaired) electrons. The van der Waals surface area contributed by atoms with Crippen LogP contribution in [0.25, 0.3) is 10.9 Å². The third-order valence-corrected chi connectivity index (χ3v) is 1.79. The van der Waals surface area contributed by atoms with Crippen LogP contribution in [0.3, 0.4) is 0 Å². The van der Waals surface area contributed by atoms with E-state index in [1.165, 1.54) is 0 Å². The average molecular weight is 201 g/mol. The fourth-order valence-corrected chi connectivity index (χ4v) is 1.08. The van der Waals surface area contributed by atoms with Crippen molar-refractivity contribution >= 4 is 12.0 Å². The molecular formula is C12H11NO2. The molecule has 1 aromatic carbocycles. The Hall–Kier alpha value is -2.08. The van der Waals surface area contributed by atoms with E-state index in [1.54, 1.807) is 6.08 Å². The molecule has 0 fully saturated rings. The lowest BCUT2D eigenvalue weighted by molar-refractivity contribution is -0.142. The molecule has 0 spiro atoms. The predicted octanol–water partition coefficient (Wildman–Crippen LogP) is 2.29. The Morgan fingerprint density at radius 1 is 1.60 bits per heavy atom. The molecule has 1 rings (SSSR count). The highest BCUT2D eigenvalue weighted by Gasteiger charge is 2.05. The summed E-state index contributed by atoms with van der Waals surface area (Å²) in [5, 5.41) is 0. The molecule has 76 valence electrons. The van der Waals surface area contributed by atoms with Gasteiger partial charge < -0.3 is 9.58 Å². The highest BCUT2D eigenvalue weighted by atomic mass is 16.5. The van der Waals surface area contributed by atoms with Crippen molar-refractivity contribution in [1.29, 1.82) is 0 Å². The van der Waals surface area contributed by atoms with E-state index < -0.39 is 5.97 Å². The molecule has 0 saturated heterocycles. The standard InChI is InChI=1S/C12H11NO2/c1-3-10-5-4-6-11(7-10)9-15-12(14)8-13-2/h3-7H,1,8-9H2. The van der Waals surface area contributed by atoms with Crippen LogP contribution in [0.15, 0.2) is 30.8 Å². The van der Waals surface area contributed by atoms with Crippen molar-refractivity contribution in [3.8, 4) is 0 Å². The fraction of sp³-hybridized carbons (Fsp3) is 0.167. The first-order valence-electron chi connectivity index (χ1n) is 4.46. The Morgan fingerprint density at radius 3 is 3.07 bits per heavy atom. The maximum absolute atomic E-state index is 10.9. The zero-order valence-corrected chi connectivity index (χ0v) is 8.27. The molecule has 3 heteroatoms. The van der Waals surface area contributed by atoms with E-state index in [1.807, 2.05) is 24.3 Å². The normalized spacial score (nSPS) is 9.00. The van der Waals surface area contributed by atoms with Crippen LogP contribution in [-0.2, 0) is 16.1 Å². The zero-order valence-electron chi connectivity index (χ0n) is 8.27. The van der Waals surface area contributed by atoms with Crippen molar-refractivity contribution < 1.29 is 9.53 Å². The summed E-state index contributed by atoms with van der Waals surface area (Å²) >= 11 is 0. The lowest BCUT2D eigenvalue weighted by atomic mass is 10.1. The monoisotopic (exact) mass is 201 g/mol. The third-order valence-electron chi connectivity index (χ3n) is 1.79. The second kappa shape index (κ2) is 5.61. The molecule has 0 amide bonds. The van der Waals surface area contributed by atoms with Gasteiger partial charge in [-0.25, -0.2) is 11.4 Å². The summed E-state index contributed by atoms with van der Waals surface area (Å²) in [5.74, 6) is -0.492. The average Bonchev–Trinajstić information content (AvgIpc) is 2.27. The van der Waals surface area contributed by atoms with E-state index >= 15 is 0 Å². The number of hydrogen-bond donors (Lipinski definition) is 0. The summed E-state index contributed by atoms with van der Waals surface area (Å²) in [7, 11) is 0. The largest absolute Gasteiger partial charge is 0.455 e. The number of rotatable bonds is 4. The number of benzene rings is 1. The molecule has 0 aliphatic rings. The second-order valence-corrected chi connectivity index (χ2v) is 2.93. The molecule has 0 bridgehead atoms. The van der Waals surface area contributed by atoms with E-state index in [2.05, 4.69) is 11.4 Å². The Labute approximate surface area is 88.8 Å². The van der Waals surface area contributed by atoms with Gasteiger partial charge in [0.25, 0.3) is 0 Å². The van der Waals surface area contributed by atoms with Crippen LogP contribution in [0.5, 0.6) is 0 Å². The summed E-state index contributed by atoms with van der Waals surface area (Å²) in [6.07, 6.45) is 1.73. The van der Waals surface area contributed by atoms with Gasteiger partial charge in [0, 0.05) is 0 Å². The van der Waals surface area contributed by atoms with E-state index in [-0.39, 0.29) is 13.2 Å². The SMILES string of the molecule is [C-]#[N+]CC(=O)OCc1cccc(C=C)c1. The van der Waals surface area contributed by atoms with Crippen molar-refractivity contribution in [1.82, 2.24) is 0 Å². The Balaban J connectivity index is 2.54. The van der Waals surface area contributed by atoms with E-state index in [4.69, 9.17) is 11.3 Å². The van der Waals surface area contributed by atoms with E-state index in [0.29, 0.717) is 0 Å². The third kappa shape index (κ3) is 3.65. The number of esters is 1. The van der Waals surface area contributed by atoms with Crippen molar-refractivity contribution in [3.63, 3.8) is 0 Å². The quantitative estimate of drug-likeness (QED) is 0.552. The van der Waals surface area contributed by atoms with E-state index in [0.717, 1.165) is 11.1 Å². The molecule has 0 aromatic heterocycles. The van der Waals surface area contributed by atoms with Crippen LogP contribution in [0.1, 0.15) is 11.1 Å². The molecule has 0 atom stereocenters. The maximum atomic E-state index is 10.9. The highest BCUT2D eigenvalue weighted by molar-refractivity contribution is 5.73. The van der Waals surface area contributed by atoms with Crippen LogP contribution in [0.4, 0.5) is 0 Å². The minimum absolute atomic E-state index is 0.204. The highest BCUT2D eigenvalue weighted by Crippen LogP contribution is 2.07. The fourth-order valence-electron chi connectivity index (χ4n) is 1.08. The van der Waals surface area contributed by atoms with Gasteiger partial charge in [-0.15, -0.1) is 0 Å². The van der Waals surface area contributed by atoms with Crippen molar-refractivity contribution in [3.05, 3.63) is 53.4 Å². The van der Waals surface area contributed by atoms with Crippen LogP contribution >= 0.6 is 0 Å². The summed E-state index contributed by atoms with van der Waals surface area (Å²) in [5.41, 5.74) is 1.87.